The molecule has 0 saturated heterocycles. The van der Waals surface area contributed by atoms with Crippen molar-refractivity contribution in [2.75, 3.05) is 0 Å². The van der Waals surface area contributed by atoms with Gasteiger partial charge in [0, 0.05) is 18.3 Å². The molecule has 1 aromatic rings. The third-order valence-electron chi connectivity index (χ3n) is 2.59. The molecule has 3 heteroatoms. The Balaban J connectivity index is 3.42. The lowest BCUT2D eigenvalue weighted by Gasteiger charge is -2.20. The van der Waals surface area contributed by atoms with Gasteiger partial charge >= 0.3 is 0 Å². The lowest BCUT2D eigenvalue weighted by Crippen LogP contribution is -2.32. The molecule has 84 valence electrons. The van der Waals surface area contributed by atoms with E-state index in [1.807, 2.05) is 19.9 Å². The predicted octanol–water partition coefficient (Wildman–Crippen LogP) is 1.74. The third-order valence-corrected chi connectivity index (χ3v) is 2.59. The van der Waals surface area contributed by atoms with Crippen molar-refractivity contribution in [1.82, 2.24) is 4.57 Å². The van der Waals surface area contributed by atoms with Crippen molar-refractivity contribution in [2.45, 2.75) is 39.2 Å². The van der Waals surface area contributed by atoms with Gasteiger partial charge in [-0.1, -0.05) is 13.8 Å². The minimum atomic E-state index is -1.08. The number of rotatable bonds is 2. The van der Waals surface area contributed by atoms with Gasteiger partial charge in [-0.2, -0.15) is 0 Å². The molecule has 1 rings (SSSR count). The first kappa shape index (κ1) is 12.0. The first-order valence-electron chi connectivity index (χ1n) is 5.18. The Morgan fingerprint density at radius 3 is 2.27 bits per heavy atom. The zero-order valence-corrected chi connectivity index (χ0v) is 10.0. The Morgan fingerprint density at radius 2 is 1.87 bits per heavy atom. The summed E-state index contributed by atoms with van der Waals surface area (Å²) in [6, 6.07) is 3.62. The van der Waals surface area contributed by atoms with Crippen molar-refractivity contribution in [1.29, 1.82) is 0 Å². The SMILES string of the molecule is CC(C)c1ccc(C(C)(C)O)c(=O)n1C. The molecule has 0 aliphatic heterocycles. The molecular formula is C12H19NO2. The van der Waals surface area contributed by atoms with Crippen molar-refractivity contribution in [3.05, 3.63) is 33.7 Å². The van der Waals surface area contributed by atoms with E-state index < -0.39 is 5.60 Å². The Labute approximate surface area is 90.4 Å². The van der Waals surface area contributed by atoms with E-state index >= 15 is 0 Å². The summed E-state index contributed by atoms with van der Waals surface area (Å²) in [5.41, 5.74) is 0.223. The molecule has 0 spiro atoms. The Morgan fingerprint density at radius 1 is 1.33 bits per heavy atom. The zero-order valence-electron chi connectivity index (χ0n) is 10.0. The van der Waals surface area contributed by atoms with Crippen molar-refractivity contribution in [2.24, 2.45) is 7.05 Å². The molecule has 3 nitrogen and oxygen atoms in total. The molecule has 1 heterocycles. The van der Waals surface area contributed by atoms with E-state index in [-0.39, 0.29) is 5.56 Å². The highest BCUT2D eigenvalue weighted by Crippen LogP contribution is 2.18. The van der Waals surface area contributed by atoms with Crippen LogP contribution in [0.5, 0.6) is 0 Å². The van der Waals surface area contributed by atoms with E-state index in [0.717, 1.165) is 5.69 Å². The summed E-state index contributed by atoms with van der Waals surface area (Å²) in [6.45, 7) is 7.33. The van der Waals surface area contributed by atoms with Crippen molar-refractivity contribution in [3.63, 3.8) is 0 Å². The van der Waals surface area contributed by atoms with Crippen molar-refractivity contribution in [3.8, 4) is 0 Å². The summed E-state index contributed by atoms with van der Waals surface area (Å²) < 4.78 is 1.61. The Bertz CT molecular complexity index is 411. The zero-order chi connectivity index (χ0) is 11.8. The molecule has 0 bridgehead atoms. The van der Waals surface area contributed by atoms with Crippen LogP contribution in [-0.2, 0) is 12.6 Å². The van der Waals surface area contributed by atoms with Gasteiger partial charge in [0.05, 0.1) is 5.60 Å². The molecule has 0 saturated carbocycles. The van der Waals surface area contributed by atoms with Gasteiger partial charge in [-0.15, -0.1) is 0 Å². The fraction of sp³-hybridized carbons (Fsp3) is 0.583. The highest BCUT2D eigenvalue weighted by atomic mass is 16.3. The molecule has 1 aromatic heterocycles. The number of hydrogen-bond donors (Lipinski definition) is 1. The molecule has 15 heavy (non-hydrogen) atoms. The van der Waals surface area contributed by atoms with Crippen LogP contribution in [0.25, 0.3) is 0 Å². The molecule has 1 N–H and O–H groups in total. The molecular weight excluding hydrogens is 190 g/mol. The largest absolute Gasteiger partial charge is 0.386 e. The monoisotopic (exact) mass is 209 g/mol. The van der Waals surface area contributed by atoms with Crippen LogP contribution in [0.15, 0.2) is 16.9 Å². The molecule has 0 atom stereocenters. The number of aliphatic hydroxyl groups is 1. The van der Waals surface area contributed by atoms with Crippen LogP contribution in [-0.4, -0.2) is 9.67 Å². The molecule has 0 unspecified atom stereocenters. The standard InChI is InChI=1S/C12H19NO2/c1-8(2)10-7-6-9(12(3,4)15)11(14)13(10)5/h6-8,15H,1-5H3. The maximum Gasteiger partial charge on any atom is 0.256 e. The lowest BCUT2D eigenvalue weighted by atomic mass is 9.98. The fourth-order valence-electron chi connectivity index (χ4n) is 1.70. The van der Waals surface area contributed by atoms with Crippen LogP contribution in [0.2, 0.25) is 0 Å². The summed E-state index contributed by atoms with van der Waals surface area (Å²) >= 11 is 0. The quantitative estimate of drug-likeness (QED) is 0.806. The summed E-state index contributed by atoms with van der Waals surface area (Å²) in [7, 11) is 1.74. The van der Waals surface area contributed by atoms with Crippen LogP contribution in [0, 0.1) is 0 Å². The van der Waals surface area contributed by atoms with Crippen LogP contribution in [0.4, 0.5) is 0 Å². The second-order valence-corrected chi connectivity index (χ2v) is 4.75. The van der Waals surface area contributed by atoms with E-state index in [4.69, 9.17) is 0 Å². The van der Waals surface area contributed by atoms with Crippen LogP contribution in [0.1, 0.15) is 44.9 Å². The fourth-order valence-corrected chi connectivity index (χ4v) is 1.70. The van der Waals surface area contributed by atoms with Gasteiger partial charge in [-0.05, 0) is 31.9 Å². The number of hydrogen-bond acceptors (Lipinski definition) is 2. The molecule has 0 amide bonds. The van der Waals surface area contributed by atoms with E-state index in [9.17, 15) is 9.90 Å². The molecule has 0 aliphatic carbocycles. The highest BCUT2D eigenvalue weighted by Gasteiger charge is 2.21. The predicted molar refractivity (Wildman–Crippen MR) is 61.0 cm³/mol. The number of nitrogens with zero attached hydrogens (tertiary/aromatic N) is 1. The summed E-state index contributed by atoms with van der Waals surface area (Å²) in [6.07, 6.45) is 0. The summed E-state index contributed by atoms with van der Waals surface area (Å²) in [5, 5.41) is 9.81. The average molecular weight is 209 g/mol. The summed E-state index contributed by atoms with van der Waals surface area (Å²) in [5.74, 6) is 0.304. The summed E-state index contributed by atoms with van der Waals surface area (Å²) in [4.78, 5) is 11.9. The molecule has 0 aromatic carbocycles. The Hall–Kier alpha value is -1.09. The second-order valence-electron chi connectivity index (χ2n) is 4.75. The minimum Gasteiger partial charge on any atom is -0.386 e. The Kier molecular flexibility index (Phi) is 3.05. The second kappa shape index (κ2) is 3.81. The van der Waals surface area contributed by atoms with E-state index in [0.29, 0.717) is 11.5 Å². The van der Waals surface area contributed by atoms with Crippen LogP contribution >= 0.6 is 0 Å². The van der Waals surface area contributed by atoms with Gasteiger partial charge < -0.3 is 9.67 Å². The van der Waals surface area contributed by atoms with Crippen LogP contribution in [0.3, 0.4) is 0 Å². The maximum atomic E-state index is 11.9. The molecule has 0 aliphatic rings. The number of aromatic nitrogens is 1. The number of pyridine rings is 1. The molecule has 0 fully saturated rings. The maximum absolute atomic E-state index is 11.9. The average Bonchev–Trinajstić information content (AvgIpc) is 2.06. The van der Waals surface area contributed by atoms with E-state index in [2.05, 4.69) is 0 Å². The van der Waals surface area contributed by atoms with Gasteiger partial charge in [0.1, 0.15) is 0 Å². The van der Waals surface area contributed by atoms with Gasteiger partial charge in [0.15, 0.2) is 0 Å². The normalized spacial score (nSPS) is 12.2. The van der Waals surface area contributed by atoms with E-state index in [1.54, 1.807) is 31.5 Å². The van der Waals surface area contributed by atoms with Gasteiger partial charge in [0.2, 0.25) is 0 Å². The third kappa shape index (κ3) is 2.29. The lowest BCUT2D eigenvalue weighted by molar-refractivity contribution is 0.0765. The smallest absolute Gasteiger partial charge is 0.256 e. The minimum absolute atomic E-state index is 0.117. The first-order valence-corrected chi connectivity index (χ1v) is 5.18. The van der Waals surface area contributed by atoms with E-state index in [1.165, 1.54) is 0 Å². The van der Waals surface area contributed by atoms with Crippen molar-refractivity contribution >= 4 is 0 Å². The van der Waals surface area contributed by atoms with Gasteiger partial charge in [-0.25, -0.2) is 0 Å². The van der Waals surface area contributed by atoms with Crippen LogP contribution < -0.4 is 5.56 Å². The molecule has 0 radical (unpaired) electrons. The van der Waals surface area contributed by atoms with Gasteiger partial charge in [-0.3, -0.25) is 4.79 Å². The highest BCUT2D eigenvalue weighted by molar-refractivity contribution is 5.22. The van der Waals surface area contributed by atoms with Crippen molar-refractivity contribution < 1.29 is 5.11 Å². The first-order chi connectivity index (χ1) is 6.75. The topological polar surface area (TPSA) is 42.2 Å². The van der Waals surface area contributed by atoms with Gasteiger partial charge in [0.25, 0.3) is 5.56 Å².